The molecule has 3 rings (SSSR count). The van der Waals surface area contributed by atoms with Gasteiger partial charge in [0.05, 0.1) is 20.6 Å². The summed E-state index contributed by atoms with van der Waals surface area (Å²) >= 11 is 1.50. The van der Waals surface area contributed by atoms with Gasteiger partial charge < -0.3 is 0 Å². The van der Waals surface area contributed by atoms with Crippen molar-refractivity contribution >= 4 is 31.6 Å². The minimum atomic E-state index is -3.60. The Kier molecular flexibility index (Phi) is 4.43. The zero-order valence-electron chi connectivity index (χ0n) is 12.9. The van der Waals surface area contributed by atoms with Crippen molar-refractivity contribution in [1.82, 2.24) is 14.3 Å². The molecule has 2 aromatic heterocycles. The Bertz CT molecular complexity index is 905. The number of aromatic nitrogens is 2. The second kappa shape index (κ2) is 6.35. The first-order valence-electron chi connectivity index (χ1n) is 7.22. The Morgan fingerprint density at radius 3 is 2.78 bits per heavy atom. The van der Waals surface area contributed by atoms with Gasteiger partial charge >= 0.3 is 0 Å². The summed E-state index contributed by atoms with van der Waals surface area (Å²) in [5.41, 5.74) is 3.29. The monoisotopic (exact) mass is 347 g/mol. The highest BCUT2D eigenvalue weighted by Gasteiger charge is 2.27. The number of pyridine rings is 1. The van der Waals surface area contributed by atoms with Crippen LogP contribution in [0.5, 0.6) is 0 Å². The molecule has 3 aromatic rings. The van der Waals surface area contributed by atoms with E-state index < -0.39 is 10.0 Å². The van der Waals surface area contributed by atoms with Gasteiger partial charge in [-0.15, -0.1) is 11.3 Å². The van der Waals surface area contributed by atoms with Gasteiger partial charge in [0.1, 0.15) is 0 Å². The van der Waals surface area contributed by atoms with E-state index in [9.17, 15) is 8.42 Å². The molecule has 0 saturated heterocycles. The Morgan fingerprint density at radius 2 is 2.09 bits per heavy atom. The number of sulfonamides is 1. The average molecular weight is 347 g/mol. The van der Waals surface area contributed by atoms with Crippen LogP contribution in [0, 0.1) is 0 Å². The predicted molar refractivity (Wildman–Crippen MR) is 91.7 cm³/mol. The molecule has 7 heteroatoms. The lowest BCUT2D eigenvalue weighted by molar-refractivity contribution is 0.348. The van der Waals surface area contributed by atoms with Crippen LogP contribution in [0.2, 0.25) is 0 Å². The molecule has 0 atom stereocenters. The summed E-state index contributed by atoms with van der Waals surface area (Å²) in [5, 5.41) is 0. The third-order valence-corrected chi connectivity index (χ3v) is 6.37. The molecule has 0 amide bonds. The summed E-state index contributed by atoms with van der Waals surface area (Å²) in [6, 6.07) is 8.62. The summed E-state index contributed by atoms with van der Waals surface area (Å²) in [6.07, 6.45) is 3.36. The molecule has 0 spiro atoms. The SMILES string of the molecule is CC(C)N(Cc1cccnc1)S(=O)(=O)c1ccc2scnc2c1. The molecule has 0 bridgehead atoms. The first-order chi connectivity index (χ1) is 11.0. The number of benzene rings is 1. The van der Waals surface area contributed by atoms with Gasteiger partial charge in [-0.3, -0.25) is 4.98 Å². The standard InChI is InChI=1S/C16H17N3O2S2/c1-12(2)19(10-13-4-3-7-17-9-13)23(20,21)14-5-6-16-15(8-14)18-11-22-16/h3-9,11-12H,10H2,1-2H3. The van der Waals surface area contributed by atoms with Gasteiger partial charge in [0.25, 0.3) is 0 Å². The number of hydrogen-bond acceptors (Lipinski definition) is 5. The molecule has 0 unspecified atom stereocenters. The number of hydrogen-bond donors (Lipinski definition) is 0. The molecule has 1 aromatic carbocycles. The quantitative estimate of drug-likeness (QED) is 0.710. The Morgan fingerprint density at radius 1 is 1.26 bits per heavy atom. The van der Waals surface area contributed by atoms with Gasteiger partial charge in [0.2, 0.25) is 10.0 Å². The van der Waals surface area contributed by atoms with Gasteiger partial charge in [0, 0.05) is 25.0 Å². The maximum atomic E-state index is 13.0. The fraction of sp³-hybridized carbons (Fsp3) is 0.250. The maximum Gasteiger partial charge on any atom is 0.243 e. The van der Waals surface area contributed by atoms with Crippen molar-refractivity contribution in [3.05, 3.63) is 53.8 Å². The van der Waals surface area contributed by atoms with Crippen molar-refractivity contribution in [2.75, 3.05) is 0 Å². The lowest BCUT2D eigenvalue weighted by Crippen LogP contribution is -2.36. The minimum Gasteiger partial charge on any atom is -0.264 e. The molecular formula is C16H17N3O2S2. The lowest BCUT2D eigenvalue weighted by Gasteiger charge is -2.26. The molecule has 0 saturated carbocycles. The first-order valence-corrected chi connectivity index (χ1v) is 9.54. The van der Waals surface area contributed by atoms with Crippen LogP contribution in [0.1, 0.15) is 19.4 Å². The van der Waals surface area contributed by atoms with E-state index in [2.05, 4.69) is 9.97 Å². The van der Waals surface area contributed by atoms with Crippen LogP contribution < -0.4 is 0 Å². The van der Waals surface area contributed by atoms with Crippen molar-refractivity contribution in [3.8, 4) is 0 Å². The number of nitrogens with zero attached hydrogens (tertiary/aromatic N) is 3. The highest BCUT2D eigenvalue weighted by atomic mass is 32.2. The van der Waals surface area contributed by atoms with Gasteiger partial charge in [-0.05, 0) is 43.7 Å². The Balaban J connectivity index is 1.99. The number of rotatable bonds is 5. The maximum absolute atomic E-state index is 13.0. The lowest BCUT2D eigenvalue weighted by atomic mass is 10.2. The van der Waals surface area contributed by atoms with E-state index in [1.807, 2.05) is 32.0 Å². The Hall–Kier alpha value is -1.83. The third-order valence-electron chi connectivity index (χ3n) is 3.55. The van der Waals surface area contributed by atoms with Crippen LogP contribution in [-0.4, -0.2) is 28.7 Å². The molecule has 0 aliphatic carbocycles. The van der Waals surface area contributed by atoms with Crippen molar-refractivity contribution in [3.63, 3.8) is 0 Å². The van der Waals surface area contributed by atoms with E-state index >= 15 is 0 Å². The highest BCUT2D eigenvalue weighted by molar-refractivity contribution is 7.89. The molecule has 0 aliphatic heterocycles. The van der Waals surface area contributed by atoms with E-state index in [0.717, 1.165) is 10.3 Å². The van der Waals surface area contributed by atoms with Crippen molar-refractivity contribution in [2.24, 2.45) is 0 Å². The molecule has 5 nitrogen and oxygen atoms in total. The van der Waals surface area contributed by atoms with E-state index in [1.165, 1.54) is 15.6 Å². The second-order valence-electron chi connectivity index (χ2n) is 5.49. The molecule has 0 aliphatic rings. The van der Waals surface area contributed by atoms with Gasteiger partial charge in [0.15, 0.2) is 0 Å². The Labute approximate surface area is 139 Å². The number of thiazole rings is 1. The summed E-state index contributed by atoms with van der Waals surface area (Å²) < 4.78 is 28.5. The zero-order valence-corrected chi connectivity index (χ0v) is 14.5. The summed E-state index contributed by atoms with van der Waals surface area (Å²) in [5.74, 6) is 0. The van der Waals surface area contributed by atoms with E-state index in [0.29, 0.717) is 12.1 Å². The fourth-order valence-corrected chi connectivity index (χ4v) is 4.65. The topological polar surface area (TPSA) is 63.2 Å². The molecule has 0 N–H and O–H groups in total. The van der Waals surface area contributed by atoms with Gasteiger partial charge in [-0.1, -0.05) is 6.07 Å². The summed E-state index contributed by atoms with van der Waals surface area (Å²) in [4.78, 5) is 8.53. The second-order valence-corrected chi connectivity index (χ2v) is 8.26. The largest absolute Gasteiger partial charge is 0.264 e. The molecule has 0 radical (unpaired) electrons. The smallest absolute Gasteiger partial charge is 0.243 e. The van der Waals surface area contributed by atoms with Crippen LogP contribution >= 0.6 is 11.3 Å². The van der Waals surface area contributed by atoms with Crippen molar-refractivity contribution in [2.45, 2.75) is 31.3 Å². The molecule has 23 heavy (non-hydrogen) atoms. The molecular weight excluding hydrogens is 330 g/mol. The van der Waals surface area contributed by atoms with E-state index in [4.69, 9.17) is 0 Å². The van der Waals surface area contributed by atoms with E-state index in [-0.39, 0.29) is 10.9 Å². The molecule has 2 heterocycles. The summed E-state index contributed by atoms with van der Waals surface area (Å²) in [7, 11) is -3.60. The summed E-state index contributed by atoms with van der Waals surface area (Å²) in [6.45, 7) is 4.04. The normalized spacial score (nSPS) is 12.3. The van der Waals surface area contributed by atoms with Crippen LogP contribution in [0.15, 0.2) is 53.1 Å². The minimum absolute atomic E-state index is 0.161. The first kappa shape index (κ1) is 16.0. The van der Waals surface area contributed by atoms with Crippen molar-refractivity contribution in [1.29, 1.82) is 0 Å². The van der Waals surface area contributed by atoms with Gasteiger partial charge in [-0.25, -0.2) is 13.4 Å². The van der Waals surface area contributed by atoms with Crippen LogP contribution in [0.3, 0.4) is 0 Å². The predicted octanol–water partition coefficient (Wildman–Crippen LogP) is 3.29. The van der Waals surface area contributed by atoms with E-state index in [1.54, 1.807) is 30.0 Å². The third kappa shape index (κ3) is 3.26. The van der Waals surface area contributed by atoms with Gasteiger partial charge in [-0.2, -0.15) is 4.31 Å². The zero-order chi connectivity index (χ0) is 16.4. The average Bonchev–Trinajstić information content (AvgIpc) is 3.00. The molecule has 0 fully saturated rings. The van der Waals surface area contributed by atoms with Crippen LogP contribution in [-0.2, 0) is 16.6 Å². The van der Waals surface area contributed by atoms with Crippen molar-refractivity contribution < 1.29 is 8.42 Å². The van der Waals surface area contributed by atoms with Crippen LogP contribution in [0.25, 0.3) is 10.2 Å². The fourth-order valence-electron chi connectivity index (χ4n) is 2.35. The number of fused-ring (bicyclic) bond motifs is 1. The van der Waals surface area contributed by atoms with Crippen LogP contribution in [0.4, 0.5) is 0 Å². The highest BCUT2D eigenvalue weighted by Crippen LogP contribution is 2.25. The molecule has 120 valence electrons.